The summed E-state index contributed by atoms with van der Waals surface area (Å²) in [5, 5.41) is 4.25. The number of fused-ring (bicyclic) bond motifs is 3. The van der Waals surface area contributed by atoms with Crippen LogP contribution in [0.5, 0.6) is 0 Å². The number of carbonyl (C=O) groups is 1. The molecular formula is C23H23N3O3S. The first kappa shape index (κ1) is 20.2. The minimum absolute atomic E-state index is 0.136. The maximum Gasteiger partial charge on any atom is 0.297 e. The molecule has 1 amide bonds. The fourth-order valence-corrected chi connectivity index (χ4v) is 4.20. The fourth-order valence-electron chi connectivity index (χ4n) is 3.38. The van der Waals surface area contributed by atoms with Gasteiger partial charge in [0.2, 0.25) is 11.5 Å². The second kappa shape index (κ2) is 8.75. The Balaban J connectivity index is 1.62. The molecular weight excluding hydrogens is 398 g/mol. The Morgan fingerprint density at radius 2 is 2.00 bits per heavy atom. The maximum absolute atomic E-state index is 13.0. The average molecular weight is 422 g/mol. The van der Waals surface area contributed by atoms with Crippen molar-refractivity contribution < 1.29 is 9.21 Å². The average Bonchev–Trinajstić information content (AvgIpc) is 3.13. The molecule has 1 N–H and O–H groups in total. The number of carbonyl (C=O) groups excluding carboxylic acids is 1. The Labute approximate surface area is 178 Å². The number of nitrogens with zero attached hydrogens (tertiary/aromatic N) is 2. The Kier molecular flexibility index (Phi) is 5.90. The summed E-state index contributed by atoms with van der Waals surface area (Å²) >= 11 is 1.26. The molecule has 6 nitrogen and oxygen atoms in total. The van der Waals surface area contributed by atoms with Gasteiger partial charge in [0.25, 0.3) is 5.56 Å². The molecule has 0 saturated heterocycles. The third kappa shape index (κ3) is 3.98. The molecule has 154 valence electrons. The number of hydrogen-bond donors (Lipinski definition) is 1. The van der Waals surface area contributed by atoms with Crippen LogP contribution in [0.3, 0.4) is 0 Å². The lowest BCUT2D eigenvalue weighted by Gasteiger charge is -2.11. The lowest BCUT2D eigenvalue weighted by molar-refractivity contribution is -0.113. The number of furan rings is 1. The molecule has 0 fully saturated rings. The van der Waals surface area contributed by atoms with E-state index < -0.39 is 0 Å². The Bertz CT molecular complexity index is 1280. The third-order valence-electron chi connectivity index (χ3n) is 4.85. The van der Waals surface area contributed by atoms with Crippen LogP contribution in [-0.2, 0) is 17.8 Å². The first-order valence-corrected chi connectivity index (χ1v) is 11.0. The van der Waals surface area contributed by atoms with E-state index in [4.69, 9.17) is 9.40 Å². The van der Waals surface area contributed by atoms with E-state index in [0.717, 1.165) is 29.5 Å². The van der Waals surface area contributed by atoms with Gasteiger partial charge in [0.05, 0.1) is 5.75 Å². The van der Waals surface area contributed by atoms with Crippen molar-refractivity contribution in [2.24, 2.45) is 0 Å². The molecule has 0 aliphatic carbocycles. The van der Waals surface area contributed by atoms with Gasteiger partial charge in [0, 0.05) is 17.6 Å². The number of rotatable bonds is 7. The van der Waals surface area contributed by atoms with Gasteiger partial charge in [-0.05, 0) is 42.7 Å². The maximum atomic E-state index is 13.0. The monoisotopic (exact) mass is 421 g/mol. The molecule has 4 aromatic rings. The van der Waals surface area contributed by atoms with Crippen LogP contribution in [0.25, 0.3) is 22.1 Å². The predicted molar refractivity (Wildman–Crippen MR) is 121 cm³/mol. The van der Waals surface area contributed by atoms with Crippen LogP contribution >= 0.6 is 11.8 Å². The molecule has 0 unspecified atom stereocenters. The van der Waals surface area contributed by atoms with Gasteiger partial charge in [-0.2, -0.15) is 0 Å². The first-order chi connectivity index (χ1) is 14.6. The summed E-state index contributed by atoms with van der Waals surface area (Å²) in [6.45, 7) is 4.59. The highest BCUT2D eigenvalue weighted by Gasteiger charge is 2.18. The highest BCUT2D eigenvalue weighted by atomic mass is 32.2. The van der Waals surface area contributed by atoms with Gasteiger partial charge in [-0.15, -0.1) is 0 Å². The standard InChI is InChI=1S/C23H23N3O3S/c1-3-12-26-22(28)21-20(17-10-5-6-11-18(17)29-21)25-23(26)30-14-19(27)24-16-9-7-8-15(4-2)13-16/h5-11,13H,3-4,12,14H2,1-2H3,(H,24,27). The molecule has 0 aliphatic heterocycles. The van der Waals surface area contributed by atoms with E-state index in [1.807, 2.05) is 55.5 Å². The van der Waals surface area contributed by atoms with Gasteiger partial charge in [-0.25, -0.2) is 4.98 Å². The lowest BCUT2D eigenvalue weighted by atomic mass is 10.1. The van der Waals surface area contributed by atoms with E-state index >= 15 is 0 Å². The number of nitrogens with one attached hydrogen (secondary N) is 1. The van der Waals surface area contributed by atoms with Crippen molar-refractivity contribution in [3.8, 4) is 0 Å². The number of aromatic nitrogens is 2. The first-order valence-electron chi connectivity index (χ1n) is 10.0. The van der Waals surface area contributed by atoms with Gasteiger partial charge in [-0.1, -0.05) is 49.9 Å². The highest BCUT2D eigenvalue weighted by molar-refractivity contribution is 7.99. The topological polar surface area (TPSA) is 77.1 Å². The second-order valence-electron chi connectivity index (χ2n) is 7.02. The van der Waals surface area contributed by atoms with E-state index in [1.54, 1.807) is 4.57 Å². The molecule has 0 saturated carbocycles. The molecule has 0 spiro atoms. The number of aryl methyl sites for hydroxylation is 1. The minimum Gasteiger partial charge on any atom is -0.448 e. The van der Waals surface area contributed by atoms with Crippen LogP contribution in [0, 0.1) is 0 Å². The largest absolute Gasteiger partial charge is 0.448 e. The smallest absolute Gasteiger partial charge is 0.297 e. The van der Waals surface area contributed by atoms with E-state index in [2.05, 4.69) is 12.2 Å². The molecule has 7 heteroatoms. The number of benzene rings is 2. The summed E-state index contributed by atoms with van der Waals surface area (Å²) in [7, 11) is 0. The molecule has 0 bridgehead atoms. The predicted octanol–water partition coefficient (Wildman–Crippen LogP) is 4.85. The van der Waals surface area contributed by atoms with Crippen LogP contribution in [0.2, 0.25) is 0 Å². The summed E-state index contributed by atoms with van der Waals surface area (Å²) in [6.07, 6.45) is 1.68. The van der Waals surface area contributed by atoms with E-state index in [-0.39, 0.29) is 22.8 Å². The lowest BCUT2D eigenvalue weighted by Crippen LogP contribution is -2.23. The van der Waals surface area contributed by atoms with Gasteiger partial charge in [0.1, 0.15) is 11.1 Å². The van der Waals surface area contributed by atoms with Crippen molar-refractivity contribution in [3.05, 3.63) is 64.4 Å². The van der Waals surface area contributed by atoms with Crippen molar-refractivity contribution in [2.75, 3.05) is 11.1 Å². The third-order valence-corrected chi connectivity index (χ3v) is 5.82. The molecule has 2 aromatic carbocycles. The van der Waals surface area contributed by atoms with Crippen molar-refractivity contribution in [2.45, 2.75) is 38.4 Å². The van der Waals surface area contributed by atoms with Gasteiger partial charge in [0.15, 0.2) is 5.16 Å². The van der Waals surface area contributed by atoms with Crippen molar-refractivity contribution in [1.29, 1.82) is 0 Å². The fraction of sp³-hybridized carbons (Fsp3) is 0.261. The molecule has 0 aliphatic rings. The van der Waals surface area contributed by atoms with Crippen molar-refractivity contribution >= 4 is 45.4 Å². The molecule has 30 heavy (non-hydrogen) atoms. The van der Waals surface area contributed by atoms with Crippen molar-refractivity contribution in [1.82, 2.24) is 9.55 Å². The van der Waals surface area contributed by atoms with Crippen LogP contribution < -0.4 is 10.9 Å². The quantitative estimate of drug-likeness (QED) is 0.341. The summed E-state index contributed by atoms with van der Waals surface area (Å²) in [6, 6.07) is 15.3. The van der Waals surface area contributed by atoms with Crippen LogP contribution in [0.15, 0.2) is 62.9 Å². The molecule has 4 rings (SSSR count). The Hall–Kier alpha value is -3.06. The van der Waals surface area contributed by atoms with E-state index in [1.165, 1.54) is 11.8 Å². The van der Waals surface area contributed by atoms with Gasteiger partial charge >= 0.3 is 0 Å². The zero-order valence-corrected chi connectivity index (χ0v) is 17.8. The zero-order valence-electron chi connectivity index (χ0n) is 17.0. The zero-order chi connectivity index (χ0) is 21.1. The number of hydrogen-bond acceptors (Lipinski definition) is 5. The molecule has 2 aromatic heterocycles. The minimum atomic E-state index is -0.211. The van der Waals surface area contributed by atoms with Gasteiger partial charge < -0.3 is 9.73 Å². The normalized spacial score (nSPS) is 11.3. The Morgan fingerprint density at radius 1 is 1.17 bits per heavy atom. The van der Waals surface area contributed by atoms with Crippen LogP contribution in [-0.4, -0.2) is 21.2 Å². The van der Waals surface area contributed by atoms with E-state index in [9.17, 15) is 9.59 Å². The molecule has 0 radical (unpaired) electrons. The number of para-hydroxylation sites is 1. The second-order valence-corrected chi connectivity index (χ2v) is 7.96. The number of amides is 1. The van der Waals surface area contributed by atoms with Crippen molar-refractivity contribution in [3.63, 3.8) is 0 Å². The summed E-state index contributed by atoms with van der Waals surface area (Å²) < 4.78 is 7.36. The van der Waals surface area contributed by atoms with Crippen LogP contribution in [0.4, 0.5) is 5.69 Å². The summed E-state index contributed by atoms with van der Waals surface area (Å²) in [4.78, 5) is 30.2. The summed E-state index contributed by atoms with van der Waals surface area (Å²) in [5.41, 5.74) is 3.16. The summed E-state index contributed by atoms with van der Waals surface area (Å²) in [5.74, 6) is 0.0241. The molecule has 2 heterocycles. The number of thioether (sulfide) groups is 1. The Morgan fingerprint density at radius 3 is 2.80 bits per heavy atom. The number of anilines is 1. The molecule has 0 atom stereocenters. The SMILES string of the molecule is CCCn1c(SCC(=O)Nc2cccc(CC)c2)nc2c(oc3ccccc32)c1=O. The van der Waals surface area contributed by atoms with Gasteiger partial charge in [-0.3, -0.25) is 14.2 Å². The highest BCUT2D eigenvalue weighted by Crippen LogP contribution is 2.27. The van der Waals surface area contributed by atoms with E-state index in [0.29, 0.717) is 22.8 Å². The van der Waals surface area contributed by atoms with Crippen LogP contribution in [0.1, 0.15) is 25.8 Å².